The highest BCUT2D eigenvalue weighted by atomic mass is 35.5. The maximum Gasteiger partial charge on any atom is 0.338 e. The molecule has 0 radical (unpaired) electrons. The summed E-state index contributed by atoms with van der Waals surface area (Å²) in [4.78, 5) is 23.3. The summed E-state index contributed by atoms with van der Waals surface area (Å²) in [6.07, 6.45) is 0. The lowest BCUT2D eigenvalue weighted by Gasteiger charge is -2.08. The van der Waals surface area contributed by atoms with Gasteiger partial charge in [0.1, 0.15) is 11.6 Å². The summed E-state index contributed by atoms with van der Waals surface area (Å²) in [5.41, 5.74) is 0.319. The normalized spacial score (nSPS) is 10.1. The van der Waals surface area contributed by atoms with Crippen molar-refractivity contribution in [1.82, 2.24) is 0 Å². The number of halogens is 3. The molecule has 0 fully saturated rings. The molecule has 0 aliphatic rings. The van der Waals surface area contributed by atoms with Crippen LogP contribution in [0.5, 0.6) is 0 Å². The molecule has 0 unspecified atom stereocenters. The molecule has 0 heterocycles. The number of nitrogens with one attached hydrogen (secondary N) is 1. The molecule has 0 aliphatic carbocycles. The minimum Gasteiger partial charge on any atom is -0.452 e. The van der Waals surface area contributed by atoms with E-state index in [4.69, 9.17) is 16.3 Å². The molecule has 2 rings (SSSR count). The Morgan fingerprint density at radius 1 is 1.05 bits per heavy atom. The second-order valence-corrected chi connectivity index (χ2v) is 4.66. The number of esters is 1. The van der Waals surface area contributed by atoms with E-state index in [9.17, 15) is 18.4 Å². The minimum atomic E-state index is -0.764. The molecular formula is C15H10ClF2NO3. The number of rotatable bonds is 4. The molecule has 2 aromatic carbocycles. The fourth-order valence-corrected chi connectivity index (χ4v) is 1.79. The highest BCUT2D eigenvalue weighted by molar-refractivity contribution is 6.33. The number of hydrogen-bond acceptors (Lipinski definition) is 3. The lowest BCUT2D eigenvalue weighted by atomic mass is 10.2. The van der Waals surface area contributed by atoms with Crippen LogP contribution in [0, 0.1) is 11.6 Å². The number of hydrogen-bond donors (Lipinski definition) is 1. The van der Waals surface area contributed by atoms with Gasteiger partial charge in [0.05, 0.1) is 16.3 Å². The Morgan fingerprint density at radius 2 is 1.68 bits per heavy atom. The Hall–Kier alpha value is -2.47. The summed E-state index contributed by atoms with van der Waals surface area (Å²) in [6, 6.07) is 8.16. The van der Waals surface area contributed by atoms with Crippen LogP contribution in [0.3, 0.4) is 0 Å². The fraction of sp³-hybridized carbons (Fsp3) is 0.0667. The Bertz CT molecular complexity index is 704. The molecule has 114 valence electrons. The van der Waals surface area contributed by atoms with E-state index in [2.05, 4.69) is 5.32 Å². The van der Waals surface area contributed by atoms with Gasteiger partial charge in [-0.3, -0.25) is 4.79 Å². The first-order valence-electron chi connectivity index (χ1n) is 6.13. The molecule has 0 aliphatic heterocycles. The molecule has 7 heteroatoms. The number of anilines is 1. The van der Waals surface area contributed by atoms with E-state index in [1.165, 1.54) is 18.2 Å². The van der Waals surface area contributed by atoms with Crippen LogP contribution in [-0.2, 0) is 9.53 Å². The van der Waals surface area contributed by atoms with Crippen LogP contribution in [0.1, 0.15) is 10.4 Å². The standard InChI is InChI=1S/C15H10ClF2NO3/c16-12-7-11(18)5-6-13(12)19-14(20)8-22-15(21)9-1-3-10(17)4-2-9/h1-7H,8H2,(H,19,20). The third-order valence-electron chi connectivity index (χ3n) is 2.62. The molecule has 22 heavy (non-hydrogen) atoms. The van der Waals surface area contributed by atoms with Crippen molar-refractivity contribution in [1.29, 1.82) is 0 Å². The van der Waals surface area contributed by atoms with E-state index in [0.29, 0.717) is 0 Å². The largest absolute Gasteiger partial charge is 0.452 e. The molecule has 0 aromatic heterocycles. The predicted molar refractivity (Wildman–Crippen MR) is 76.7 cm³/mol. The molecular weight excluding hydrogens is 316 g/mol. The zero-order valence-electron chi connectivity index (χ0n) is 11.1. The topological polar surface area (TPSA) is 55.4 Å². The van der Waals surface area contributed by atoms with Crippen LogP contribution in [0.2, 0.25) is 5.02 Å². The summed E-state index contributed by atoms with van der Waals surface area (Å²) in [5, 5.41) is 2.40. The van der Waals surface area contributed by atoms with Crippen LogP contribution in [0.4, 0.5) is 14.5 Å². The molecule has 0 saturated heterocycles. The van der Waals surface area contributed by atoms with Crippen molar-refractivity contribution in [3.05, 3.63) is 64.7 Å². The summed E-state index contributed by atoms with van der Waals surface area (Å²) in [7, 11) is 0. The molecule has 1 amide bonds. The van der Waals surface area contributed by atoms with Crippen molar-refractivity contribution in [2.45, 2.75) is 0 Å². The first kappa shape index (κ1) is 15.9. The molecule has 0 spiro atoms. The van der Waals surface area contributed by atoms with Crippen LogP contribution < -0.4 is 5.32 Å². The minimum absolute atomic E-state index is 0.0261. The maximum absolute atomic E-state index is 12.9. The second kappa shape index (κ2) is 7.00. The summed E-state index contributed by atoms with van der Waals surface area (Å²) < 4.78 is 30.4. The highest BCUT2D eigenvalue weighted by Crippen LogP contribution is 2.22. The Morgan fingerprint density at radius 3 is 2.32 bits per heavy atom. The monoisotopic (exact) mass is 325 g/mol. The van der Waals surface area contributed by atoms with Crippen molar-refractivity contribution < 1.29 is 23.1 Å². The van der Waals surface area contributed by atoms with Gasteiger partial charge in [0.25, 0.3) is 5.91 Å². The molecule has 0 atom stereocenters. The van der Waals surface area contributed by atoms with Gasteiger partial charge in [-0.25, -0.2) is 13.6 Å². The smallest absolute Gasteiger partial charge is 0.338 e. The number of ether oxygens (including phenoxy) is 1. The zero-order chi connectivity index (χ0) is 16.1. The quantitative estimate of drug-likeness (QED) is 0.876. The highest BCUT2D eigenvalue weighted by Gasteiger charge is 2.11. The van der Waals surface area contributed by atoms with Crippen molar-refractivity contribution in [3.8, 4) is 0 Å². The Kier molecular flexibility index (Phi) is 5.06. The van der Waals surface area contributed by atoms with Gasteiger partial charge in [-0.2, -0.15) is 0 Å². The summed E-state index contributed by atoms with van der Waals surface area (Å²) in [6.45, 7) is -0.552. The first-order valence-corrected chi connectivity index (χ1v) is 6.51. The van der Waals surface area contributed by atoms with Gasteiger partial charge in [-0.05, 0) is 42.5 Å². The summed E-state index contributed by atoms with van der Waals surface area (Å²) in [5.74, 6) is -2.42. The predicted octanol–water partition coefficient (Wildman–Crippen LogP) is 3.41. The number of amides is 1. The zero-order valence-corrected chi connectivity index (χ0v) is 11.9. The Balaban J connectivity index is 1.89. The first-order chi connectivity index (χ1) is 10.5. The molecule has 0 bridgehead atoms. The fourth-order valence-electron chi connectivity index (χ4n) is 1.58. The molecule has 4 nitrogen and oxygen atoms in total. The average Bonchev–Trinajstić information content (AvgIpc) is 2.48. The molecule has 0 saturated carbocycles. The van der Waals surface area contributed by atoms with Gasteiger partial charge in [-0.15, -0.1) is 0 Å². The van der Waals surface area contributed by atoms with Crippen LogP contribution in [0.25, 0.3) is 0 Å². The van der Waals surface area contributed by atoms with E-state index < -0.39 is 30.1 Å². The van der Waals surface area contributed by atoms with E-state index in [1.807, 2.05) is 0 Å². The van der Waals surface area contributed by atoms with Crippen molar-refractivity contribution in [2.24, 2.45) is 0 Å². The number of carbonyl (C=O) groups is 2. The van der Waals surface area contributed by atoms with Crippen LogP contribution in [-0.4, -0.2) is 18.5 Å². The third-order valence-corrected chi connectivity index (χ3v) is 2.93. The lowest BCUT2D eigenvalue weighted by molar-refractivity contribution is -0.119. The van der Waals surface area contributed by atoms with Crippen molar-refractivity contribution >= 4 is 29.2 Å². The van der Waals surface area contributed by atoms with Crippen molar-refractivity contribution in [3.63, 3.8) is 0 Å². The van der Waals surface area contributed by atoms with Crippen LogP contribution >= 0.6 is 11.6 Å². The number of benzene rings is 2. The maximum atomic E-state index is 12.9. The van der Waals surface area contributed by atoms with E-state index in [-0.39, 0.29) is 16.3 Å². The van der Waals surface area contributed by atoms with Gasteiger partial charge in [-0.1, -0.05) is 11.6 Å². The van der Waals surface area contributed by atoms with Crippen molar-refractivity contribution in [2.75, 3.05) is 11.9 Å². The average molecular weight is 326 g/mol. The summed E-state index contributed by atoms with van der Waals surface area (Å²) >= 11 is 5.75. The third kappa shape index (κ3) is 4.26. The van der Waals surface area contributed by atoms with Gasteiger partial charge in [0.2, 0.25) is 0 Å². The van der Waals surface area contributed by atoms with Crippen LogP contribution in [0.15, 0.2) is 42.5 Å². The SMILES string of the molecule is O=C(COC(=O)c1ccc(F)cc1)Nc1ccc(F)cc1Cl. The van der Waals surface area contributed by atoms with Gasteiger partial charge >= 0.3 is 5.97 Å². The van der Waals surface area contributed by atoms with E-state index in [1.54, 1.807) is 0 Å². The molecule has 1 N–H and O–H groups in total. The van der Waals surface area contributed by atoms with Gasteiger partial charge in [0, 0.05) is 0 Å². The van der Waals surface area contributed by atoms with E-state index in [0.717, 1.165) is 24.3 Å². The molecule has 2 aromatic rings. The van der Waals surface area contributed by atoms with Gasteiger partial charge in [0.15, 0.2) is 6.61 Å². The second-order valence-electron chi connectivity index (χ2n) is 4.26. The number of carbonyl (C=O) groups excluding carboxylic acids is 2. The van der Waals surface area contributed by atoms with Gasteiger partial charge < -0.3 is 10.1 Å². The Labute approximate surface area is 129 Å². The lowest BCUT2D eigenvalue weighted by Crippen LogP contribution is -2.21. The van der Waals surface area contributed by atoms with E-state index >= 15 is 0 Å².